The average Bonchev–Trinajstić information content (AvgIpc) is 2.82. The van der Waals surface area contributed by atoms with Crippen molar-refractivity contribution in [2.45, 2.75) is 0 Å². The number of hydrogen-bond donors (Lipinski definition) is 2. The number of primary amides is 1. The summed E-state index contributed by atoms with van der Waals surface area (Å²) in [6, 6.07) is 15.8. The first-order chi connectivity index (χ1) is 8.74. The number of H-pyrrole nitrogens is 1. The highest BCUT2D eigenvalue weighted by Crippen LogP contribution is 2.22. The van der Waals surface area contributed by atoms with E-state index in [4.69, 9.17) is 5.73 Å². The van der Waals surface area contributed by atoms with Crippen LogP contribution in [0, 0.1) is 0 Å². The summed E-state index contributed by atoms with van der Waals surface area (Å²) in [5, 5.41) is 0. The highest BCUT2D eigenvalue weighted by Gasteiger charge is 2.08. The molecule has 18 heavy (non-hydrogen) atoms. The number of benzene rings is 2. The lowest BCUT2D eigenvalue weighted by Gasteiger charge is -2.00. The third kappa shape index (κ3) is 1.73. The Morgan fingerprint density at radius 1 is 1.06 bits per heavy atom. The summed E-state index contributed by atoms with van der Waals surface area (Å²) in [4.78, 5) is 18.1. The molecule has 0 atom stereocenters. The summed E-state index contributed by atoms with van der Waals surface area (Å²) in [6.45, 7) is 0. The molecule has 0 saturated carbocycles. The molecule has 88 valence electrons. The molecule has 4 nitrogen and oxygen atoms in total. The van der Waals surface area contributed by atoms with Crippen LogP contribution in [-0.4, -0.2) is 15.9 Å². The minimum Gasteiger partial charge on any atom is -0.363 e. The SMILES string of the molecule is NC(=O)c1nc2ccc(-c3ccccc3)cc2[nH]1. The molecule has 0 aliphatic rings. The minimum atomic E-state index is -0.549. The molecule has 0 spiro atoms. The molecule has 1 aromatic heterocycles. The van der Waals surface area contributed by atoms with Gasteiger partial charge in [0.2, 0.25) is 0 Å². The van der Waals surface area contributed by atoms with Crippen molar-refractivity contribution in [2.75, 3.05) is 0 Å². The standard InChI is InChI=1S/C14H11N3O/c15-13(18)14-16-11-7-6-10(8-12(11)17-14)9-4-2-1-3-5-9/h1-8H,(H2,15,18)(H,16,17). The van der Waals surface area contributed by atoms with Crippen LogP contribution in [0.4, 0.5) is 0 Å². The van der Waals surface area contributed by atoms with Gasteiger partial charge in [-0.2, -0.15) is 0 Å². The van der Waals surface area contributed by atoms with Crippen molar-refractivity contribution in [3.63, 3.8) is 0 Å². The van der Waals surface area contributed by atoms with E-state index in [0.29, 0.717) is 0 Å². The summed E-state index contributed by atoms with van der Waals surface area (Å²) in [6.07, 6.45) is 0. The molecule has 0 fully saturated rings. The van der Waals surface area contributed by atoms with Crippen LogP contribution < -0.4 is 5.73 Å². The van der Waals surface area contributed by atoms with E-state index in [1.54, 1.807) is 0 Å². The Bertz CT molecular complexity index is 716. The van der Waals surface area contributed by atoms with Crippen molar-refractivity contribution in [3.8, 4) is 11.1 Å². The van der Waals surface area contributed by atoms with Crippen LogP contribution in [0.3, 0.4) is 0 Å². The lowest BCUT2D eigenvalue weighted by atomic mass is 10.1. The number of rotatable bonds is 2. The lowest BCUT2D eigenvalue weighted by Crippen LogP contribution is -2.12. The van der Waals surface area contributed by atoms with Crippen LogP contribution >= 0.6 is 0 Å². The zero-order chi connectivity index (χ0) is 12.5. The van der Waals surface area contributed by atoms with Crippen LogP contribution in [-0.2, 0) is 0 Å². The molecular weight excluding hydrogens is 226 g/mol. The van der Waals surface area contributed by atoms with Gasteiger partial charge in [0, 0.05) is 0 Å². The normalized spacial score (nSPS) is 10.7. The van der Waals surface area contributed by atoms with Crippen molar-refractivity contribution >= 4 is 16.9 Å². The number of nitrogens with zero attached hydrogens (tertiary/aromatic N) is 1. The van der Waals surface area contributed by atoms with E-state index in [2.05, 4.69) is 9.97 Å². The number of nitrogens with one attached hydrogen (secondary N) is 1. The zero-order valence-electron chi connectivity index (χ0n) is 9.55. The summed E-state index contributed by atoms with van der Waals surface area (Å²) in [5.41, 5.74) is 8.94. The Labute approximate surface area is 103 Å². The third-order valence-electron chi connectivity index (χ3n) is 2.82. The number of aromatic amines is 1. The van der Waals surface area contributed by atoms with E-state index in [9.17, 15) is 4.79 Å². The number of carbonyl (C=O) groups is 1. The van der Waals surface area contributed by atoms with Gasteiger partial charge in [0.1, 0.15) is 0 Å². The van der Waals surface area contributed by atoms with Gasteiger partial charge in [-0.25, -0.2) is 4.98 Å². The summed E-state index contributed by atoms with van der Waals surface area (Å²) < 4.78 is 0. The predicted octanol–water partition coefficient (Wildman–Crippen LogP) is 2.33. The van der Waals surface area contributed by atoms with E-state index in [0.717, 1.165) is 22.2 Å². The fraction of sp³-hybridized carbons (Fsp3) is 0. The van der Waals surface area contributed by atoms with E-state index >= 15 is 0 Å². The van der Waals surface area contributed by atoms with Gasteiger partial charge in [0.15, 0.2) is 5.82 Å². The van der Waals surface area contributed by atoms with Gasteiger partial charge in [-0.15, -0.1) is 0 Å². The van der Waals surface area contributed by atoms with Gasteiger partial charge >= 0.3 is 0 Å². The molecule has 0 unspecified atom stereocenters. The maximum absolute atomic E-state index is 11.1. The zero-order valence-corrected chi connectivity index (χ0v) is 9.55. The van der Waals surface area contributed by atoms with E-state index in [1.165, 1.54) is 0 Å². The first-order valence-electron chi connectivity index (χ1n) is 5.59. The van der Waals surface area contributed by atoms with Gasteiger partial charge in [0.05, 0.1) is 11.0 Å². The quantitative estimate of drug-likeness (QED) is 0.718. The molecule has 3 N–H and O–H groups in total. The highest BCUT2D eigenvalue weighted by molar-refractivity contribution is 5.93. The number of hydrogen-bond acceptors (Lipinski definition) is 2. The van der Waals surface area contributed by atoms with Crippen molar-refractivity contribution in [3.05, 3.63) is 54.4 Å². The van der Waals surface area contributed by atoms with Crippen molar-refractivity contribution in [2.24, 2.45) is 5.73 Å². The molecular formula is C14H11N3O. The number of aromatic nitrogens is 2. The number of imidazole rings is 1. The van der Waals surface area contributed by atoms with E-state index in [1.807, 2.05) is 48.5 Å². The number of amides is 1. The second-order valence-electron chi connectivity index (χ2n) is 4.05. The Morgan fingerprint density at radius 3 is 2.56 bits per heavy atom. The maximum atomic E-state index is 11.1. The second-order valence-corrected chi connectivity index (χ2v) is 4.05. The molecule has 0 saturated heterocycles. The predicted molar refractivity (Wildman–Crippen MR) is 70.0 cm³/mol. The summed E-state index contributed by atoms with van der Waals surface area (Å²) in [7, 11) is 0. The van der Waals surface area contributed by atoms with E-state index < -0.39 is 5.91 Å². The lowest BCUT2D eigenvalue weighted by molar-refractivity contribution is 0.0991. The molecule has 2 aromatic carbocycles. The van der Waals surface area contributed by atoms with Crippen LogP contribution in [0.15, 0.2) is 48.5 Å². The molecule has 0 radical (unpaired) electrons. The van der Waals surface area contributed by atoms with Crippen molar-refractivity contribution in [1.82, 2.24) is 9.97 Å². The second kappa shape index (κ2) is 4.00. The fourth-order valence-electron chi connectivity index (χ4n) is 1.94. The fourth-order valence-corrected chi connectivity index (χ4v) is 1.94. The van der Waals surface area contributed by atoms with Gasteiger partial charge < -0.3 is 10.7 Å². The highest BCUT2D eigenvalue weighted by atomic mass is 16.1. The van der Waals surface area contributed by atoms with Crippen molar-refractivity contribution < 1.29 is 4.79 Å². The number of carbonyl (C=O) groups excluding carboxylic acids is 1. The molecule has 0 aliphatic carbocycles. The molecule has 0 aliphatic heterocycles. The molecule has 3 rings (SSSR count). The van der Waals surface area contributed by atoms with Crippen LogP contribution in [0.1, 0.15) is 10.6 Å². The monoisotopic (exact) mass is 237 g/mol. The van der Waals surface area contributed by atoms with Gasteiger partial charge in [-0.3, -0.25) is 4.79 Å². The summed E-state index contributed by atoms with van der Waals surface area (Å²) in [5.74, 6) is -0.359. The van der Waals surface area contributed by atoms with E-state index in [-0.39, 0.29) is 5.82 Å². The minimum absolute atomic E-state index is 0.190. The first kappa shape index (κ1) is 10.5. The Hall–Kier alpha value is -2.62. The largest absolute Gasteiger partial charge is 0.363 e. The Kier molecular flexibility index (Phi) is 2.34. The molecule has 3 aromatic rings. The molecule has 1 heterocycles. The smallest absolute Gasteiger partial charge is 0.284 e. The molecule has 0 bridgehead atoms. The third-order valence-corrected chi connectivity index (χ3v) is 2.82. The summed E-state index contributed by atoms with van der Waals surface area (Å²) >= 11 is 0. The Morgan fingerprint density at radius 2 is 1.83 bits per heavy atom. The van der Waals surface area contributed by atoms with Gasteiger partial charge in [0.25, 0.3) is 5.91 Å². The Balaban J connectivity index is 2.14. The average molecular weight is 237 g/mol. The maximum Gasteiger partial charge on any atom is 0.284 e. The first-order valence-corrected chi connectivity index (χ1v) is 5.59. The van der Waals surface area contributed by atoms with Crippen LogP contribution in [0.25, 0.3) is 22.2 Å². The molecule has 4 heteroatoms. The van der Waals surface area contributed by atoms with Crippen LogP contribution in [0.5, 0.6) is 0 Å². The van der Waals surface area contributed by atoms with Crippen molar-refractivity contribution in [1.29, 1.82) is 0 Å². The van der Waals surface area contributed by atoms with Gasteiger partial charge in [-0.05, 0) is 23.3 Å². The topological polar surface area (TPSA) is 71.8 Å². The number of fused-ring (bicyclic) bond motifs is 1. The number of nitrogens with two attached hydrogens (primary N) is 1. The van der Waals surface area contributed by atoms with Gasteiger partial charge in [-0.1, -0.05) is 36.4 Å². The molecule has 1 amide bonds. The van der Waals surface area contributed by atoms with Crippen LogP contribution in [0.2, 0.25) is 0 Å².